The fourth-order valence-electron chi connectivity index (χ4n) is 6.48. The van der Waals surface area contributed by atoms with Gasteiger partial charge in [-0.25, -0.2) is 0 Å². The number of aromatic nitrogens is 3. The first-order valence-electron chi connectivity index (χ1n) is 15.0. The number of hydrogen-bond donors (Lipinski definition) is 2. The Morgan fingerprint density at radius 2 is 1.95 bits per heavy atom. The number of carbonyl (C=O) groups excluding carboxylic acids is 2. The summed E-state index contributed by atoms with van der Waals surface area (Å²) in [6, 6.07) is 10.2. The van der Waals surface area contributed by atoms with E-state index in [0.717, 1.165) is 43.1 Å². The summed E-state index contributed by atoms with van der Waals surface area (Å²) < 4.78 is 44.7. The van der Waals surface area contributed by atoms with E-state index in [-0.39, 0.29) is 35.5 Å². The Hall–Kier alpha value is -4.17. The maximum atomic E-state index is 14.2. The highest BCUT2D eigenvalue weighted by Crippen LogP contribution is 2.52. The first kappa shape index (κ1) is 29.9. The molecular weight excluding hydrogens is 569 g/mol. The van der Waals surface area contributed by atoms with Gasteiger partial charge in [0.1, 0.15) is 12.2 Å². The average Bonchev–Trinajstić information content (AvgIpc) is 3.62. The third-order valence-electron chi connectivity index (χ3n) is 8.76. The summed E-state index contributed by atoms with van der Waals surface area (Å²) in [7, 11) is 1.90. The molecule has 2 fully saturated rings. The lowest BCUT2D eigenvalue weighted by atomic mass is 9.58. The molecule has 2 N–H and O–H groups in total. The second-order valence-electron chi connectivity index (χ2n) is 12.3. The van der Waals surface area contributed by atoms with Crippen LogP contribution < -0.4 is 15.5 Å². The van der Waals surface area contributed by atoms with Gasteiger partial charge in [0.2, 0.25) is 0 Å². The van der Waals surface area contributed by atoms with E-state index >= 15 is 0 Å². The minimum absolute atomic E-state index is 0.00745. The van der Waals surface area contributed by atoms with Crippen molar-refractivity contribution in [3.63, 3.8) is 0 Å². The van der Waals surface area contributed by atoms with Gasteiger partial charge in [0.05, 0.1) is 17.5 Å². The summed E-state index contributed by atoms with van der Waals surface area (Å²) >= 11 is 0. The predicted molar refractivity (Wildman–Crippen MR) is 158 cm³/mol. The minimum Gasteiger partial charge on any atom is -0.345 e. The molecule has 2 saturated carbocycles. The number of anilines is 1. The molecule has 11 heteroatoms. The molecule has 0 atom stereocenters. The molecule has 2 aliphatic carbocycles. The number of carbonyl (C=O) groups is 2. The monoisotopic (exact) mass is 604 g/mol. The number of nitrogens with one attached hydrogen (secondary N) is 2. The van der Waals surface area contributed by atoms with Crippen molar-refractivity contribution in [3.8, 4) is 11.8 Å². The van der Waals surface area contributed by atoms with Crippen LogP contribution >= 0.6 is 0 Å². The first-order chi connectivity index (χ1) is 21.0. The number of amides is 2. The zero-order valence-corrected chi connectivity index (χ0v) is 24.8. The van der Waals surface area contributed by atoms with E-state index in [2.05, 4.69) is 39.6 Å². The van der Waals surface area contributed by atoms with Crippen molar-refractivity contribution < 1.29 is 22.8 Å². The number of nitrogens with zero attached hydrogens (tertiary/aromatic N) is 4. The third-order valence-corrected chi connectivity index (χ3v) is 8.76. The van der Waals surface area contributed by atoms with Crippen LogP contribution in [0.25, 0.3) is 0 Å². The van der Waals surface area contributed by atoms with Crippen LogP contribution in [-0.2, 0) is 36.5 Å². The number of hydrogen-bond acceptors (Lipinski definition) is 5. The van der Waals surface area contributed by atoms with Gasteiger partial charge in [-0.05, 0) is 91.4 Å². The van der Waals surface area contributed by atoms with Crippen molar-refractivity contribution in [2.75, 3.05) is 18.0 Å². The molecule has 8 nitrogen and oxygen atoms in total. The molecule has 6 rings (SSSR count). The smallest absolute Gasteiger partial charge is 0.345 e. The molecule has 3 aromatic rings. The Balaban J connectivity index is 1.16. The standard InChI is InChI=1S/C33H35F3N6O2/c1-21-16-32(17-21,31-40-39-20-41(31)2)24-5-3-6-25(15-24)42-19-27-26(30(42)44)13-23(14-28(27)33(34,35)36)18-37-11-4-12-38-29(43)10-9-22-7-8-22/h3,5-6,13-15,20-22,37H,4,7-8,11-12,16-19H2,1-2H3,(H,38,43). The summed E-state index contributed by atoms with van der Waals surface area (Å²) in [4.78, 5) is 26.8. The van der Waals surface area contributed by atoms with Crippen molar-refractivity contribution in [2.24, 2.45) is 18.9 Å². The normalized spacial score (nSPS) is 21.0. The number of rotatable bonds is 9. The largest absolute Gasteiger partial charge is 0.416 e. The SMILES string of the molecule is CC1CC(c2cccc(N3Cc4c(cc(CNCCCNC(=O)C#CC5CC5)cc4C(F)(F)F)C3=O)c2)(c2nncn2C)C1. The number of fused-ring (bicyclic) bond motifs is 1. The van der Waals surface area contributed by atoms with Gasteiger partial charge in [-0.3, -0.25) is 9.59 Å². The molecule has 2 amide bonds. The maximum Gasteiger partial charge on any atom is 0.416 e. The van der Waals surface area contributed by atoms with Crippen LogP contribution in [0.1, 0.15) is 77.5 Å². The lowest BCUT2D eigenvalue weighted by Crippen LogP contribution is -2.43. The molecule has 1 aliphatic heterocycles. The van der Waals surface area contributed by atoms with Crippen molar-refractivity contribution in [1.82, 2.24) is 25.4 Å². The second kappa shape index (κ2) is 11.7. The highest BCUT2D eigenvalue weighted by molar-refractivity contribution is 6.10. The zero-order chi connectivity index (χ0) is 31.1. The number of benzene rings is 2. The highest BCUT2D eigenvalue weighted by atomic mass is 19.4. The third kappa shape index (κ3) is 5.95. The molecule has 44 heavy (non-hydrogen) atoms. The summed E-state index contributed by atoms with van der Waals surface area (Å²) in [5, 5.41) is 14.3. The van der Waals surface area contributed by atoms with Gasteiger partial charge in [0.15, 0.2) is 0 Å². The van der Waals surface area contributed by atoms with Gasteiger partial charge >= 0.3 is 6.18 Å². The Bertz CT molecular complexity index is 1640. The van der Waals surface area contributed by atoms with E-state index in [1.807, 2.05) is 29.8 Å². The molecule has 0 unspecified atom stereocenters. The summed E-state index contributed by atoms with van der Waals surface area (Å²) in [6.45, 7) is 3.07. The topological polar surface area (TPSA) is 92.2 Å². The van der Waals surface area contributed by atoms with E-state index < -0.39 is 17.6 Å². The Morgan fingerprint density at radius 1 is 1.16 bits per heavy atom. The fourth-order valence-corrected chi connectivity index (χ4v) is 6.48. The molecule has 0 saturated heterocycles. The van der Waals surface area contributed by atoms with Crippen LogP contribution in [0.3, 0.4) is 0 Å². The van der Waals surface area contributed by atoms with E-state index in [1.54, 1.807) is 18.5 Å². The van der Waals surface area contributed by atoms with Crippen LogP contribution in [-0.4, -0.2) is 39.7 Å². The molecule has 230 valence electrons. The van der Waals surface area contributed by atoms with Gasteiger partial charge in [0.25, 0.3) is 11.8 Å². The summed E-state index contributed by atoms with van der Waals surface area (Å²) in [5.74, 6) is 6.39. The Kier molecular flexibility index (Phi) is 7.97. The lowest BCUT2D eigenvalue weighted by Gasteiger charge is -2.46. The van der Waals surface area contributed by atoms with Crippen molar-refractivity contribution in [2.45, 2.75) is 63.7 Å². The van der Waals surface area contributed by atoms with E-state index in [0.29, 0.717) is 42.6 Å². The van der Waals surface area contributed by atoms with Crippen molar-refractivity contribution in [3.05, 3.63) is 76.4 Å². The quantitative estimate of drug-likeness (QED) is 0.273. The summed E-state index contributed by atoms with van der Waals surface area (Å²) in [5.41, 5.74) is 0.823. The molecule has 0 bridgehead atoms. The van der Waals surface area contributed by atoms with Gasteiger partial charge in [-0.15, -0.1) is 10.2 Å². The molecule has 0 radical (unpaired) electrons. The molecular formula is C33H35F3N6O2. The van der Waals surface area contributed by atoms with Gasteiger partial charge in [-0.1, -0.05) is 25.0 Å². The molecule has 2 aromatic carbocycles. The summed E-state index contributed by atoms with van der Waals surface area (Å²) in [6.07, 6.45) is 1.47. The molecule has 1 aromatic heterocycles. The number of aryl methyl sites for hydroxylation is 1. The van der Waals surface area contributed by atoms with Gasteiger partial charge < -0.3 is 20.1 Å². The lowest BCUT2D eigenvalue weighted by molar-refractivity contribution is -0.138. The highest BCUT2D eigenvalue weighted by Gasteiger charge is 2.48. The van der Waals surface area contributed by atoms with Crippen LogP contribution in [0.4, 0.5) is 18.9 Å². The average molecular weight is 605 g/mol. The number of halogens is 3. The van der Waals surface area contributed by atoms with Crippen LogP contribution in [0.15, 0.2) is 42.7 Å². The second-order valence-corrected chi connectivity index (χ2v) is 12.3. The molecule has 3 aliphatic rings. The molecule has 0 spiro atoms. The Labute approximate surface area is 254 Å². The minimum atomic E-state index is -4.61. The van der Waals surface area contributed by atoms with Crippen LogP contribution in [0.2, 0.25) is 0 Å². The van der Waals surface area contributed by atoms with Crippen molar-refractivity contribution >= 4 is 17.5 Å². The van der Waals surface area contributed by atoms with Crippen LogP contribution in [0.5, 0.6) is 0 Å². The van der Waals surface area contributed by atoms with E-state index in [9.17, 15) is 22.8 Å². The molecule has 2 heterocycles. The number of alkyl halides is 3. The predicted octanol–water partition coefficient (Wildman–Crippen LogP) is 4.72. The maximum absolute atomic E-state index is 14.2. The first-order valence-corrected chi connectivity index (χ1v) is 15.0. The van der Waals surface area contributed by atoms with E-state index in [1.165, 1.54) is 4.90 Å². The van der Waals surface area contributed by atoms with Gasteiger partial charge in [-0.2, -0.15) is 13.2 Å². The zero-order valence-electron chi connectivity index (χ0n) is 24.8. The van der Waals surface area contributed by atoms with Crippen LogP contribution in [0, 0.1) is 23.7 Å². The fraction of sp³-hybridized carbons (Fsp3) is 0.455. The van der Waals surface area contributed by atoms with Gasteiger partial charge in [0, 0.05) is 37.3 Å². The van der Waals surface area contributed by atoms with E-state index in [4.69, 9.17) is 0 Å². The van der Waals surface area contributed by atoms with Crippen molar-refractivity contribution in [1.29, 1.82) is 0 Å². The Morgan fingerprint density at radius 3 is 2.64 bits per heavy atom.